The van der Waals surface area contributed by atoms with Crippen molar-refractivity contribution in [2.75, 3.05) is 0 Å². The highest BCUT2D eigenvalue weighted by Gasteiger charge is 2.69. The van der Waals surface area contributed by atoms with Crippen molar-refractivity contribution in [1.82, 2.24) is 14.7 Å². The number of carbonyl (C=O) groups is 1. The van der Waals surface area contributed by atoms with E-state index in [-0.39, 0.29) is 66.8 Å². The van der Waals surface area contributed by atoms with Crippen LogP contribution in [0.1, 0.15) is 118 Å². The molecule has 6 nitrogen and oxygen atoms in total. The van der Waals surface area contributed by atoms with Crippen LogP contribution in [-0.4, -0.2) is 64.5 Å². The van der Waals surface area contributed by atoms with Gasteiger partial charge in [0.15, 0.2) is 0 Å². The number of hydrogen-bond acceptors (Lipinski definition) is 4. The molecule has 8 aliphatic rings. The number of nitrogens with zero attached hydrogens (tertiary/aromatic N) is 3. The summed E-state index contributed by atoms with van der Waals surface area (Å²) >= 11 is 0. The minimum atomic E-state index is -0.109. The van der Waals surface area contributed by atoms with E-state index in [9.17, 15) is 0 Å². The number of amides is 2. The summed E-state index contributed by atoms with van der Waals surface area (Å²) in [6.07, 6.45) is 5.59. The SMILES string of the molecule is Cc1cccc(C)c1B1C2=C3N(C(=O)N4C5=C(OC6CC(c7ccccc7)C(C)CC64)B(c4c(C)cccc4C)C4CC(C(C)(C)C)CC1C4N35)C1CC(C)C(c3ccccc3)CC1O2. The van der Waals surface area contributed by atoms with Crippen molar-refractivity contribution in [2.24, 2.45) is 23.2 Å². The molecular weight excluding hydrogens is 796 g/mol. The summed E-state index contributed by atoms with van der Waals surface area (Å²) in [5.74, 6) is 4.58. The van der Waals surface area contributed by atoms with Crippen LogP contribution in [0.15, 0.2) is 120 Å². The maximum absolute atomic E-state index is 16.6. The van der Waals surface area contributed by atoms with E-state index in [1.165, 1.54) is 44.3 Å². The van der Waals surface area contributed by atoms with Crippen LogP contribution in [0, 0.1) is 50.9 Å². The van der Waals surface area contributed by atoms with E-state index in [0.29, 0.717) is 29.6 Å². The molecule has 8 heteroatoms. The maximum atomic E-state index is 16.6. The third-order valence-electron chi connectivity index (χ3n) is 18.5. The monoisotopic (exact) mass is 864 g/mol. The second-order valence-corrected chi connectivity index (χ2v) is 23.1. The Bertz CT molecular complexity index is 2410. The molecule has 5 aliphatic heterocycles. The van der Waals surface area contributed by atoms with Crippen molar-refractivity contribution >= 4 is 30.4 Å². The molecule has 10 atom stereocenters. The fraction of sp³-hybridized carbons (Fsp3) is 0.491. The number of rotatable bonds is 4. The normalized spacial score (nSPS) is 33.6. The lowest BCUT2D eigenvalue weighted by Crippen LogP contribution is -2.77. The van der Waals surface area contributed by atoms with Gasteiger partial charge in [0.1, 0.15) is 35.2 Å². The third-order valence-corrected chi connectivity index (χ3v) is 18.5. The average molecular weight is 864 g/mol. The Labute approximate surface area is 389 Å². The topological polar surface area (TPSA) is 45.2 Å². The number of urea groups is 1. The van der Waals surface area contributed by atoms with E-state index in [1.54, 1.807) is 0 Å². The fourth-order valence-electron chi connectivity index (χ4n) is 15.5. The molecule has 4 aromatic rings. The zero-order valence-electron chi connectivity index (χ0n) is 40.1. The van der Waals surface area contributed by atoms with Gasteiger partial charge in [0.05, 0.1) is 12.1 Å². The molecule has 0 bridgehead atoms. The first-order chi connectivity index (χ1) is 31.3. The van der Waals surface area contributed by atoms with Crippen molar-refractivity contribution in [2.45, 2.75) is 155 Å². The van der Waals surface area contributed by atoms with Gasteiger partial charge in [-0.15, -0.1) is 0 Å². The quantitative estimate of drug-likeness (QED) is 0.192. The summed E-state index contributed by atoms with van der Waals surface area (Å²) in [7, 11) is 0. The highest BCUT2D eigenvalue weighted by atomic mass is 16.5. The minimum absolute atomic E-state index is 0.0248. The summed E-state index contributed by atoms with van der Waals surface area (Å²) < 4.78 is 15.7. The van der Waals surface area contributed by atoms with Crippen LogP contribution in [0.3, 0.4) is 0 Å². The molecule has 0 spiro atoms. The van der Waals surface area contributed by atoms with Crippen LogP contribution in [0.2, 0.25) is 11.6 Å². The molecule has 4 aromatic carbocycles. The van der Waals surface area contributed by atoms with Crippen LogP contribution < -0.4 is 10.9 Å². The summed E-state index contributed by atoms with van der Waals surface area (Å²) in [4.78, 5) is 24.0. The van der Waals surface area contributed by atoms with Crippen molar-refractivity contribution in [3.63, 3.8) is 0 Å². The Morgan fingerprint density at radius 2 is 0.923 bits per heavy atom. The van der Waals surface area contributed by atoms with Crippen LogP contribution in [0.4, 0.5) is 4.79 Å². The van der Waals surface area contributed by atoms with E-state index >= 15 is 4.79 Å². The fourth-order valence-corrected chi connectivity index (χ4v) is 15.5. The summed E-state index contributed by atoms with van der Waals surface area (Å²) in [6, 6.07) is 36.1. The molecule has 10 unspecified atom stereocenters. The van der Waals surface area contributed by atoms with Gasteiger partial charge in [-0.05, 0) is 111 Å². The maximum Gasteiger partial charge on any atom is 0.332 e. The van der Waals surface area contributed by atoms with Crippen molar-refractivity contribution < 1.29 is 14.3 Å². The highest BCUT2D eigenvalue weighted by Crippen LogP contribution is 2.64. The third kappa shape index (κ3) is 6.16. The van der Waals surface area contributed by atoms with Gasteiger partial charge in [-0.1, -0.05) is 178 Å². The van der Waals surface area contributed by atoms with E-state index in [2.05, 4.69) is 174 Å². The van der Waals surface area contributed by atoms with E-state index in [4.69, 9.17) is 9.47 Å². The lowest BCUT2D eigenvalue weighted by atomic mass is 9.22. The standard InChI is InChI=1S/C57H67B2N3O3/c1-32-18-16-19-33(2)49(32)58-43-28-40(57(7,8)9)29-44-51(43)62-54-52(58)64-47-30-41(38-22-12-10-13-23-38)36(5)26-45(47)60(54)56(63)61-46-27-37(6)42(39-24-14-11-15-25-39)31-48(46)65-53(55(61)62)59(44)50-34(3)20-17-21-35(50)4/h10-25,36-37,40-48,51H,26-31H2,1-9H3. The second-order valence-electron chi connectivity index (χ2n) is 23.1. The number of fused-ring (bicyclic) bond motifs is 4. The van der Waals surface area contributed by atoms with Crippen LogP contribution >= 0.6 is 0 Å². The molecule has 12 rings (SSSR count). The molecule has 4 fully saturated rings. The van der Waals surface area contributed by atoms with Gasteiger partial charge in [0, 0.05) is 6.04 Å². The first kappa shape index (κ1) is 41.6. The molecule has 0 N–H and O–H groups in total. The number of benzene rings is 4. The smallest absolute Gasteiger partial charge is 0.332 e. The largest absolute Gasteiger partial charge is 0.499 e. The molecular formula is C57H67B2N3O3. The summed E-state index contributed by atoms with van der Waals surface area (Å²) in [6.45, 7) is 21.6. The first-order valence-corrected chi connectivity index (χ1v) is 25.3. The van der Waals surface area contributed by atoms with Crippen LogP contribution in [0.5, 0.6) is 0 Å². The number of aryl methyl sites for hydroxylation is 4. The minimum Gasteiger partial charge on any atom is -0.499 e. The zero-order valence-corrected chi connectivity index (χ0v) is 40.1. The first-order valence-electron chi connectivity index (χ1n) is 25.3. The number of hydrogen-bond donors (Lipinski definition) is 0. The van der Waals surface area contributed by atoms with Gasteiger partial charge in [0.2, 0.25) is 0 Å². The molecule has 65 heavy (non-hydrogen) atoms. The van der Waals surface area contributed by atoms with Gasteiger partial charge in [0.25, 0.3) is 13.4 Å². The molecule has 3 saturated carbocycles. The van der Waals surface area contributed by atoms with Gasteiger partial charge in [-0.3, -0.25) is 9.80 Å². The summed E-state index contributed by atoms with van der Waals surface area (Å²) in [5, 5.41) is 0. The average Bonchev–Trinajstić information content (AvgIpc) is 3.28. The Morgan fingerprint density at radius 1 is 0.523 bits per heavy atom. The van der Waals surface area contributed by atoms with E-state index in [0.717, 1.165) is 61.5 Å². The van der Waals surface area contributed by atoms with Crippen molar-refractivity contribution in [3.8, 4) is 0 Å². The Morgan fingerprint density at radius 3 is 1.31 bits per heavy atom. The summed E-state index contributed by atoms with van der Waals surface area (Å²) in [5.41, 5.74) is 13.0. The molecule has 3 aliphatic carbocycles. The molecule has 334 valence electrons. The lowest BCUT2D eigenvalue weighted by molar-refractivity contribution is -0.0967. The van der Waals surface area contributed by atoms with Gasteiger partial charge in [-0.2, -0.15) is 0 Å². The molecule has 5 heterocycles. The molecule has 1 saturated heterocycles. The lowest BCUT2D eigenvalue weighted by Gasteiger charge is -2.68. The van der Waals surface area contributed by atoms with Gasteiger partial charge in [-0.25, -0.2) is 4.79 Å². The Hall–Kier alpha value is -4.84. The number of carbonyl (C=O) groups excluding carboxylic acids is 1. The van der Waals surface area contributed by atoms with Gasteiger partial charge >= 0.3 is 6.03 Å². The second kappa shape index (κ2) is 15.1. The van der Waals surface area contributed by atoms with E-state index < -0.39 is 0 Å². The predicted octanol–water partition coefficient (Wildman–Crippen LogP) is 11.0. The Balaban J connectivity index is 1.13. The van der Waals surface area contributed by atoms with E-state index in [1.807, 2.05) is 0 Å². The number of ether oxygens (including phenoxy) is 2. The highest BCUT2D eigenvalue weighted by molar-refractivity contribution is 6.84. The van der Waals surface area contributed by atoms with Crippen LogP contribution in [0.25, 0.3) is 0 Å². The van der Waals surface area contributed by atoms with Crippen LogP contribution in [-0.2, 0) is 9.47 Å². The molecule has 0 radical (unpaired) electrons. The Kier molecular flexibility index (Phi) is 9.65. The zero-order chi connectivity index (χ0) is 44.8. The molecule has 0 aromatic heterocycles. The predicted molar refractivity (Wildman–Crippen MR) is 264 cm³/mol. The molecule has 2 amide bonds. The van der Waals surface area contributed by atoms with Crippen molar-refractivity contribution in [1.29, 1.82) is 0 Å². The van der Waals surface area contributed by atoms with Crippen molar-refractivity contribution in [3.05, 3.63) is 153 Å². The van der Waals surface area contributed by atoms with Gasteiger partial charge < -0.3 is 14.4 Å².